The highest BCUT2D eigenvalue weighted by atomic mass is 16.4. The van der Waals surface area contributed by atoms with Crippen molar-refractivity contribution in [2.24, 2.45) is 17.8 Å². The molecule has 0 aliphatic heterocycles. The zero-order chi connectivity index (χ0) is 25.7. The summed E-state index contributed by atoms with van der Waals surface area (Å²) in [5.74, 6) is 3.82. The molecule has 0 amide bonds. The molecule has 2 aromatic heterocycles. The van der Waals surface area contributed by atoms with Crippen molar-refractivity contribution in [2.45, 2.75) is 65.2 Å². The number of aryl methyl sites for hydroxylation is 1. The molecule has 4 aromatic rings. The van der Waals surface area contributed by atoms with Gasteiger partial charge >= 0.3 is 0 Å². The minimum absolute atomic E-state index is 0.0276. The third-order valence-corrected chi connectivity index (χ3v) is 8.61. The van der Waals surface area contributed by atoms with Crippen LogP contribution in [0.3, 0.4) is 0 Å². The van der Waals surface area contributed by atoms with E-state index in [1.165, 1.54) is 24.6 Å². The van der Waals surface area contributed by atoms with E-state index in [0.29, 0.717) is 5.89 Å². The van der Waals surface area contributed by atoms with Crippen LogP contribution in [0.2, 0.25) is 0 Å². The Bertz CT molecular complexity index is 1490. The molecule has 37 heavy (non-hydrogen) atoms. The van der Waals surface area contributed by atoms with Crippen molar-refractivity contribution < 1.29 is 4.42 Å². The summed E-state index contributed by atoms with van der Waals surface area (Å²) in [6.07, 6.45) is 12.5. The highest BCUT2D eigenvalue weighted by Crippen LogP contribution is 2.51. The topological polar surface area (TPSA) is 43.9 Å². The molecule has 0 N–H and O–H groups in total. The predicted molar refractivity (Wildman–Crippen MR) is 153 cm³/mol. The van der Waals surface area contributed by atoms with Gasteiger partial charge in [0.05, 0.1) is 11.2 Å². The summed E-state index contributed by atoms with van der Waals surface area (Å²) < 4.78 is 8.79. The van der Waals surface area contributed by atoms with Crippen molar-refractivity contribution in [3.05, 3.63) is 77.8 Å². The van der Waals surface area contributed by atoms with E-state index in [1.807, 2.05) is 6.08 Å². The number of allylic oxidation sites excluding steroid dienone is 1. The molecule has 0 spiro atoms. The monoisotopic (exact) mass is 491 g/mol. The molecule has 2 atom stereocenters. The molecule has 2 unspecified atom stereocenters. The van der Waals surface area contributed by atoms with Crippen molar-refractivity contribution in [2.75, 3.05) is 0 Å². The van der Waals surface area contributed by atoms with E-state index in [1.54, 1.807) is 0 Å². The van der Waals surface area contributed by atoms with Crippen LogP contribution in [0.5, 0.6) is 0 Å². The third kappa shape index (κ3) is 4.17. The number of nitrogens with zero attached hydrogens (tertiary/aromatic N) is 3. The molecule has 4 heteroatoms. The summed E-state index contributed by atoms with van der Waals surface area (Å²) in [5, 5.41) is 10.4. The molecular weight excluding hydrogens is 454 g/mol. The van der Waals surface area contributed by atoms with E-state index < -0.39 is 0 Å². The van der Waals surface area contributed by atoms with Gasteiger partial charge in [-0.25, -0.2) is 0 Å². The van der Waals surface area contributed by atoms with Crippen molar-refractivity contribution in [1.29, 1.82) is 0 Å². The first kappa shape index (κ1) is 24.0. The average Bonchev–Trinajstić information content (AvgIpc) is 3.47. The number of fused-ring (bicyclic) bond motifs is 3. The van der Waals surface area contributed by atoms with Crippen molar-refractivity contribution in [3.63, 3.8) is 0 Å². The van der Waals surface area contributed by atoms with Crippen molar-refractivity contribution in [3.8, 4) is 17.1 Å². The molecule has 0 saturated heterocycles. The van der Waals surface area contributed by atoms with E-state index in [2.05, 4.69) is 104 Å². The lowest BCUT2D eigenvalue weighted by Crippen LogP contribution is -2.39. The second kappa shape index (κ2) is 9.16. The summed E-state index contributed by atoms with van der Waals surface area (Å²) in [7, 11) is 0. The molecule has 2 aromatic carbocycles. The van der Waals surface area contributed by atoms with Crippen LogP contribution in [0.4, 0.5) is 0 Å². The van der Waals surface area contributed by atoms with E-state index in [9.17, 15) is 0 Å². The molecule has 2 heterocycles. The summed E-state index contributed by atoms with van der Waals surface area (Å²) in [4.78, 5) is 0. The van der Waals surface area contributed by atoms with Gasteiger partial charge in [-0.15, -0.1) is 10.2 Å². The molecular formula is C33H37N3O. The highest BCUT2D eigenvalue weighted by molar-refractivity contribution is 5.95. The zero-order valence-corrected chi connectivity index (χ0v) is 22.5. The SMILES string of the molecule is C=Cc1c(/C=C\C)n(-c2cc(C)cc(-c3nnc(C4(C)CC5CC(C)CC(C5)C4)o3)c2)c2ccccc12. The van der Waals surface area contributed by atoms with Gasteiger partial charge in [-0.05, 0) is 99.6 Å². The lowest BCUT2D eigenvalue weighted by atomic mass is 9.59. The Morgan fingerprint density at radius 2 is 1.81 bits per heavy atom. The summed E-state index contributed by atoms with van der Waals surface area (Å²) in [5.41, 5.74) is 6.60. The molecule has 4 nitrogen and oxygen atoms in total. The molecule has 2 aliphatic rings. The van der Waals surface area contributed by atoms with Crippen molar-refractivity contribution in [1.82, 2.24) is 14.8 Å². The molecule has 190 valence electrons. The fourth-order valence-electron chi connectivity index (χ4n) is 7.46. The maximum atomic E-state index is 6.48. The molecule has 6 rings (SSSR count). The Kier molecular flexibility index (Phi) is 5.94. The number of rotatable bonds is 5. The zero-order valence-electron chi connectivity index (χ0n) is 22.5. The standard InChI is InChI=1S/C33H37N3O/c1-6-10-29-27(7-2)28-11-8-9-12-30(28)36(29)26-16-22(4)15-25(18-26)31-34-35-32(37-31)33(5)19-23-13-21(3)14-24(17-23)20-33/h6-12,15-16,18,21,23-24H,2,13-14,17,19-20H2,1,3-5H3/b10-6-. The van der Waals surface area contributed by atoms with Gasteiger partial charge in [0.1, 0.15) is 0 Å². The van der Waals surface area contributed by atoms with Crippen LogP contribution in [0, 0.1) is 24.7 Å². The minimum atomic E-state index is -0.0276. The van der Waals surface area contributed by atoms with Gasteiger partial charge < -0.3 is 8.98 Å². The maximum Gasteiger partial charge on any atom is 0.247 e. The first-order chi connectivity index (χ1) is 17.9. The largest absolute Gasteiger partial charge is 0.420 e. The molecule has 2 aliphatic carbocycles. The molecule has 0 radical (unpaired) electrons. The van der Waals surface area contributed by atoms with Gasteiger partial charge in [0.15, 0.2) is 0 Å². The smallest absolute Gasteiger partial charge is 0.247 e. The molecule has 2 fully saturated rings. The number of hydrogen-bond donors (Lipinski definition) is 0. The van der Waals surface area contributed by atoms with Gasteiger partial charge in [-0.2, -0.15) is 0 Å². The number of para-hydroxylation sites is 1. The van der Waals surface area contributed by atoms with Gasteiger partial charge in [-0.3, -0.25) is 0 Å². The first-order valence-electron chi connectivity index (χ1n) is 13.7. The average molecular weight is 492 g/mol. The Labute approximate surface area is 220 Å². The predicted octanol–water partition coefficient (Wildman–Crippen LogP) is 8.77. The van der Waals surface area contributed by atoms with Crippen LogP contribution in [0.25, 0.3) is 40.2 Å². The Hall–Kier alpha value is -3.40. The number of benzene rings is 2. The lowest BCUT2D eigenvalue weighted by Gasteiger charge is -2.45. The van der Waals surface area contributed by atoms with Crippen LogP contribution in [0.1, 0.15) is 75.6 Å². The van der Waals surface area contributed by atoms with Gasteiger partial charge in [0.2, 0.25) is 11.8 Å². The third-order valence-electron chi connectivity index (χ3n) is 8.61. The van der Waals surface area contributed by atoms with Crippen LogP contribution in [0.15, 0.2) is 59.5 Å². The summed E-state index contributed by atoms with van der Waals surface area (Å²) in [6, 6.07) is 15.1. The highest BCUT2D eigenvalue weighted by Gasteiger charge is 2.44. The normalized spacial score (nSPS) is 25.7. The fourth-order valence-corrected chi connectivity index (χ4v) is 7.46. The fraction of sp³-hybridized carbons (Fsp3) is 0.394. The molecule has 2 bridgehead atoms. The number of aromatic nitrogens is 3. The van der Waals surface area contributed by atoms with E-state index >= 15 is 0 Å². The Balaban J connectivity index is 1.42. The second-order valence-electron chi connectivity index (χ2n) is 11.8. The minimum Gasteiger partial charge on any atom is -0.420 e. The number of hydrogen-bond acceptors (Lipinski definition) is 3. The van der Waals surface area contributed by atoms with Gasteiger partial charge in [-0.1, -0.05) is 50.8 Å². The maximum absolute atomic E-state index is 6.48. The Morgan fingerprint density at radius 1 is 1.05 bits per heavy atom. The second-order valence-corrected chi connectivity index (χ2v) is 11.8. The van der Waals surface area contributed by atoms with Crippen LogP contribution < -0.4 is 0 Å². The van der Waals surface area contributed by atoms with Crippen LogP contribution in [-0.2, 0) is 5.41 Å². The van der Waals surface area contributed by atoms with Crippen LogP contribution in [-0.4, -0.2) is 14.8 Å². The quantitative estimate of drug-likeness (QED) is 0.280. The van der Waals surface area contributed by atoms with Crippen LogP contribution >= 0.6 is 0 Å². The molecule has 2 saturated carbocycles. The van der Waals surface area contributed by atoms with E-state index in [4.69, 9.17) is 4.42 Å². The van der Waals surface area contributed by atoms with E-state index in [0.717, 1.165) is 70.1 Å². The van der Waals surface area contributed by atoms with Crippen molar-refractivity contribution >= 4 is 23.1 Å². The summed E-state index contributed by atoms with van der Waals surface area (Å²) >= 11 is 0. The van der Waals surface area contributed by atoms with Gasteiger partial charge in [0.25, 0.3) is 0 Å². The summed E-state index contributed by atoms with van der Waals surface area (Å²) in [6.45, 7) is 13.0. The Morgan fingerprint density at radius 3 is 2.54 bits per heavy atom. The van der Waals surface area contributed by atoms with Gasteiger partial charge in [0, 0.05) is 27.6 Å². The van der Waals surface area contributed by atoms with E-state index in [-0.39, 0.29) is 5.41 Å². The lowest BCUT2D eigenvalue weighted by molar-refractivity contribution is 0.0763. The first-order valence-corrected chi connectivity index (χ1v) is 13.7.